The van der Waals surface area contributed by atoms with E-state index in [-0.39, 0.29) is 11.5 Å². The summed E-state index contributed by atoms with van der Waals surface area (Å²) in [5.41, 5.74) is 1.33. The first-order chi connectivity index (χ1) is 12.7. The lowest BCUT2D eigenvalue weighted by Gasteiger charge is -2.15. The summed E-state index contributed by atoms with van der Waals surface area (Å²) in [6.45, 7) is 1.90. The zero-order valence-corrected chi connectivity index (χ0v) is 14.3. The number of hydrogen-bond acceptors (Lipinski definition) is 4. The minimum Gasteiger partial charge on any atom is -0.492 e. The predicted molar refractivity (Wildman–Crippen MR) is 99.1 cm³/mol. The van der Waals surface area contributed by atoms with E-state index in [2.05, 4.69) is 9.97 Å². The molecule has 1 N–H and O–H groups in total. The molecule has 0 bridgehead atoms. The number of rotatable bonds is 5. The largest absolute Gasteiger partial charge is 0.492 e. The van der Waals surface area contributed by atoms with Gasteiger partial charge in [-0.25, -0.2) is 4.98 Å². The van der Waals surface area contributed by atoms with Crippen molar-refractivity contribution < 1.29 is 9.53 Å². The molecule has 2 heterocycles. The minimum absolute atomic E-state index is 0.152. The maximum absolute atomic E-state index is 12.2. The van der Waals surface area contributed by atoms with Crippen LogP contribution in [0.15, 0.2) is 53.3 Å². The molecule has 0 unspecified atom stereocenters. The van der Waals surface area contributed by atoms with E-state index in [1.165, 1.54) is 0 Å². The summed E-state index contributed by atoms with van der Waals surface area (Å²) in [6.07, 6.45) is 1.58. The summed E-state index contributed by atoms with van der Waals surface area (Å²) in [4.78, 5) is 32.9. The number of carbonyl (C=O) groups excluding carboxylic acids is 1. The lowest BCUT2D eigenvalue weighted by Crippen LogP contribution is -2.29. The number of fused-ring (bicyclic) bond motifs is 1. The Morgan fingerprint density at radius 2 is 1.88 bits per heavy atom. The van der Waals surface area contributed by atoms with Gasteiger partial charge in [0.15, 0.2) is 0 Å². The van der Waals surface area contributed by atoms with Crippen molar-refractivity contribution >= 4 is 16.8 Å². The number of H-pyrrole nitrogens is 1. The van der Waals surface area contributed by atoms with Crippen molar-refractivity contribution in [2.24, 2.45) is 0 Å². The van der Waals surface area contributed by atoms with Gasteiger partial charge in [0, 0.05) is 18.5 Å². The molecule has 132 valence electrons. The van der Waals surface area contributed by atoms with Gasteiger partial charge in [0.2, 0.25) is 5.91 Å². The highest BCUT2D eigenvalue weighted by atomic mass is 16.5. The fourth-order valence-electron chi connectivity index (χ4n) is 3.15. The SMILES string of the molecule is O=C1CCCN1CCOc1ccc(-c2nc3ccccc3c(=O)[nH]2)cc1. The number of amides is 1. The van der Waals surface area contributed by atoms with Crippen molar-refractivity contribution in [3.05, 3.63) is 58.9 Å². The van der Waals surface area contributed by atoms with E-state index < -0.39 is 0 Å². The number of likely N-dealkylation sites (tertiary alicyclic amines) is 1. The summed E-state index contributed by atoms with van der Waals surface area (Å²) < 4.78 is 5.71. The van der Waals surface area contributed by atoms with Crippen LogP contribution >= 0.6 is 0 Å². The van der Waals surface area contributed by atoms with Crippen LogP contribution in [0.1, 0.15) is 12.8 Å². The molecular weight excluding hydrogens is 330 g/mol. The van der Waals surface area contributed by atoms with Gasteiger partial charge in [-0.3, -0.25) is 9.59 Å². The summed E-state index contributed by atoms with van der Waals surface area (Å²) in [5.74, 6) is 1.46. The summed E-state index contributed by atoms with van der Waals surface area (Å²) in [7, 11) is 0. The number of hydrogen-bond donors (Lipinski definition) is 1. The molecule has 1 fully saturated rings. The Morgan fingerprint density at radius 3 is 2.65 bits per heavy atom. The van der Waals surface area contributed by atoms with Crippen molar-refractivity contribution in [2.75, 3.05) is 19.7 Å². The van der Waals surface area contributed by atoms with Gasteiger partial charge in [-0.2, -0.15) is 0 Å². The van der Waals surface area contributed by atoms with E-state index in [1.54, 1.807) is 6.07 Å². The first-order valence-electron chi connectivity index (χ1n) is 8.71. The first-order valence-corrected chi connectivity index (χ1v) is 8.71. The average Bonchev–Trinajstić information content (AvgIpc) is 3.07. The Labute approximate surface area is 150 Å². The molecule has 1 saturated heterocycles. The van der Waals surface area contributed by atoms with E-state index in [9.17, 15) is 9.59 Å². The third kappa shape index (κ3) is 3.31. The van der Waals surface area contributed by atoms with Crippen molar-refractivity contribution in [3.63, 3.8) is 0 Å². The zero-order chi connectivity index (χ0) is 17.9. The van der Waals surface area contributed by atoms with Gasteiger partial charge >= 0.3 is 0 Å². The molecule has 0 atom stereocenters. The van der Waals surface area contributed by atoms with Gasteiger partial charge < -0.3 is 14.6 Å². The molecule has 2 aromatic carbocycles. The van der Waals surface area contributed by atoms with E-state index in [1.807, 2.05) is 47.4 Å². The molecule has 1 aliphatic rings. The molecular formula is C20H19N3O3. The van der Waals surface area contributed by atoms with Gasteiger partial charge in [-0.15, -0.1) is 0 Å². The van der Waals surface area contributed by atoms with Crippen molar-refractivity contribution in [3.8, 4) is 17.1 Å². The maximum Gasteiger partial charge on any atom is 0.259 e. The number of ether oxygens (including phenoxy) is 1. The van der Waals surface area contributed by atoms with Gasteiger partial charge in [0.05, 0.1) is 17.4 Å². The standard InChI is InChI=1S/C20H19N3O3/c24-18-6-3-11-23(18)12-13-26-15-9-7-14(8-10-15)19-21-17-5-2-1-4-16(17)20(25)22-19/h1-2,4-5,7-10H,3,6,11-13H2,(H,21,22,25). The van der Waals surface area contributed by atoms with E-state index in [4.69, 9.17) is 4.74 Å². The quantitative estimate of drug-likeness (QED) is 0.768. The van der Waals surface area contributed by atoms with Gasteiger partial charge in [0.25, 0.3) is 5.56 Å². The third-order valence-electron chi connectivity index (χ3n) is 4.54. The molecule has 26 heavy (non-hydrogen) atoms. The predicted octanol–water partition coefficient (Wildman–Crippen LogP) is 2.59. The average molecular weight is 349 g/mol. The summed E-state index contributed by atoms with van der Waals surface area (Å²) in [6, 6.07) is 14.7. The lowest BCUT2D eigenvalue weighted by molar-refractivity contribution is -0.128. The Kier molecular flexibility index (Phi) is 4.39. The van der Waals surface area contributed by atoms with Crippen LogP contribution in [0.2, 0.25) is 0 Å². The first kappa shape index (κ1) is 16.3. The van der Waals surface area contributed by atoms with Crippen LogP contribution in [0.25, 0.3) is 22.3 Å². The normalized spacial score (nSPS) is 14.2. The fraction of sp³-hybridized carbons (Fsp3) is 0.250. The highest BCUT2D eigenvalue weighted by Crippen LogP contribution is 2.20. The van der Waals surface area contributed by atoms with Crippen molar-refractivity contribution in [1.82, 2.24) is 14.9 Å². The van der Waals surface area contributed by atoms with Crippen LogP contribution in [0.4, 0.5) is 0 Å². The fourth-order valence-corrected chi connectivity index (χ4v) is 3.15. The highest BCUT2D eigenvalue weighted by Gasteiger charge is 2.19. The summed E-state index contributed by atoms with van der Waals surface area (Å²) in [5, 5.41) is 0.577. The van der Waals surface area contributed by atoms with Crippen LogP contribution < -0.4 is 10.3 Å². The zero-order valence-electron chi connectivity index (χ0n) is 14.3. The smallest absolute Gasteiger partial charge is 0.259 e. The Hall–Kier alpha value is -3.15. The Bertz CT molecular complexity index is 995. The van der Waals surface area contributed by atoms with Crippen molar-refractivity contribution in [2.45, 2.75) is 12.8 Å². The highest BCUT2D eigenvalue weighted by molar-refractivity contribution is 5.79. The van der Waals surface area contributed by atoms with Gasteiger partial charge in [0.1, 0.15) is 18.2 Å². The number of nitrogens with one attached hydrogen (secondary N) is 1. The third-order valence-corrected chi connectivity index (χ3v) is 4.54. The minimum atomic E-state index is -0.152. The lowest BCUT2D eigenvalue weighted by atomic mass is 10.2. The Morgan fingerprint density at radius 1 is 1.08 bits per heavy atom. The van der Waals surface area contributed by atoms with Crippen LogP contribution in [-0.4, -0.2) is 40.5 Å². The number of benzene rings is 2. The van der Waals surface area contributed by atoms with E-state index in [0.29, 0.717) is 36.3 Å². The second-order valence-corrected chi connectivity index (χ2v) is 6.29. The van der Waals surface area contributed by atoms with Crippen LogP contribution in [0.3, 0.4) is 0 Å². The number of aromatic amines is 1. The molecule has 0 aliphatic carbocycles. The molecule has 1 aliphatic heterocycles. The summed E-state index contributed by atoms with van der Waals surface area (Å²) >= 11 is 0. The second-order valence-electron chi connectivity index (χ2n) is 6.29. The van der Waals surface area contributed by atoms with Crippen molar-refractivity contribution in [1.29, 1.82) is 0 Å². The topological polar surface area (TPSA) is 75.3 Å². The van der Waals surface area contributed by atoms with E-state index >= 15 is 0 Å². The monoisotopic (exact) mass is 349 g/mol. The molecule has 0 saturated carbocycles. The number of para-hydroxylation sites is 1. The molecule has 3 aromatic rings. The molecule has 1 amide bonds. The molecule has 0 spiro atoms. The number of nitrogens with zero attached hydrogens (tertiary/aromatic N) is 2. The Balaban J connectivity index is 1.46. The molecule has 0 radical (unpaired) electrons. The van der Waals surface area contributed by atoms with Crippen LogP contribution in [0.5, 0.6) is 5.75 Å². The van der Waals surface area contributed by atoms with Gasteiger partial charge in [-0.1, -0.05) is 12.1 Å². The van der Waals surface area contributed by atoms with Crippen LogP contribution in [0, 0.1) is 0 Å². The molecule has 6 nitrogen and oxygen atoms in total. The molecule has 4 rings (SSSR count). The van der Waals surface area contributed by atoms with E-state index in [0.717, 1.165) is 24.3 Å². The number of carbonyl (C=O) groups is 1. The molecule has 1 aromatic heterocycles. The number of aromatic nitrogens is 2. The molecule has 6 heteroatoms. The van der Waals surface area contributed by atoms with Crippen LogP contribution in [-0.2, 0) is 4.79 Å². The second kappa shape index (κ2) is 7.00. The maximum atomic E-state index is 12.2. The van der Waals surface area contributed by atoms with Gasteiger partial charge in [-0.05, 0) is 42.8 Å².